The van der Waals surface area contributed by atoms with Crippen molar-refractivity contribution in [2.45, 2.75) is 18.6 Å². The second-order valence-electron chi connectivity index (χ2n) is 6.45. The zero-order valence-electron chi connectivity index (χ0n) is 15.3. The van der Waals surface area contributed by atoms with Crippen molar-refractivity contribution >= 4 is 11.9 Å². The van der Waals surface area contributed by atoms with Gasteiger partial charge in [0.1, 0.15) is 11.4 Å². The Kier molecular flexibility index (Phi) is 5.52. The van der Waals surface area contributed by atoms with Crippen LogP contribution in [0.25, 0.3) is 0 Å². The molecule has 6 nitrogen and oxygen atoms in total. The summed E-state index contributed by atoms with van der Waals surface area (Å²) >= 11 is 0. The van der Waals surface area contributed by atoms with Crippen molar-refractivity contribution in [3.05, 3.63) is 106 Å². The van der Waals surface area contributed by atoms with Crippen LogP contribution in [-0.2, 0) is 5.60 Å². The van der Waals surface area contributed by atoms with Gasteiger partial charge >= 0.3 is 0 Å². The van der Waals surface area contributed by atoms with Crippen molar-refractivity contribution < 1.29 is 15.1 Å². The lowest BCUT2D eigenvalue weighted by molar-refractivity contribution is -0.384. The van der Waals surface area contributed by atoms with Gasteiger partial charge in [-0.25, -0.2) is 0 Å². The van der Waals surface area contributed by atoms with E-state index in [2.05, 4.69) is 4.99 Å². The lowest BCUT2D eigenvalue weighted by atomic mass is 9.81. The molecule has 0 saturated heterocycles. The summed E-state index contributed by atoms with van der Waals surface area (Å²) in [7, 11) is 0. The zero-order valence-corrected chi connectivity index (χ0v) is 15.3. The van der Waals surface area contributed by atoms with Gasteiger partial charge in [-0.3, -0.25) is 15.1 Å². The van der Waals surface area contributed by atoms with E-state index in [0.717, 1.165) is 0 Å². The first-order valence-corrected chi connectivity index (χ1v) is 8.77. The van der Waals surface area contributed by atoms with E-state index in [-0.39, 0.29) is 17.0 Å². The van der Waals surface area contributed by atoms with E-state index in [0.29, 0.717) is 11.1 Å². The van der Waals surface area contributed by atoms with Crippen molar-refractivity contribution in [3.8, 4) is 5.75 Å². The third kappa shape index (κ3) is 3.77. The quantitative estimate of drug-likeness (QED) is 0.385. The maximum atomic E-state index is 11.6. The molecular weight excluding hydrogens is 356 g/mol. The summed E-state index contributed by atoms with van der Waals surface area (Å²) in [6, 6.07) is 21.5. The van der Waals surface area contributed by atoms with Crippen molar-refractivity contribution in [1.82, 2.24) is 0 Å². The number of nitro groups is 1. The van der Waals surface area contributed by atoms with Gasteiger partial charge in [-0.1, -0.05) is 60.7 Å². The minimum absolute atomic E-state index is 0.121. The number of hydrogen-bond donors (Lipinski definition) is 2. The summed E-state index contributed by atoms with van der Waals surface area (Å²) in [6.45, 7) is 1.75. The predicted octanol–water partition coefficient (Wildman–Crippen LogP) is 4.04. The molecule has 6 heteroatoms. The minimum Gasteiger partial charge on any atom is -0.507 e. The molecule has 0 spiro atoms. The van der Waals surface area contributed by atoms with Crippen LogP contribution >= 0.6 is 0 Å². The molecule has 0 fully saturated rings. The van der Waals surface area contributed by atoms with E-state index >= 15 is 0 Å². The number of phenolic OH excluding ortho intramolecular Hbond substituents is 1. The lowest BCUT2D eigenvalue weighted by Crippen LogP contribution is -2.38. The number of nitrogens with zero attached hydrogens (tertiary/aromatic N) is 2. The summed E-state index contributed by atoms with van der Waals surface area (Å²) in [4.78, 5) is 14.9. The maximum Gasteiger partial charge on any atom is 0.270 e. The number of hydrogen-bond acceptors (Lipinski definition) is 5. The number of aliphatic hydroxyl groups is 1. The van der Waals surface area contributed by atoms with Crippen LogP contribution in [0.15, 0.2) is 83.9 Å². The summed E-state index contributed by atoms with van der Waals surface area (Å²) < 4.78 is 0. The van der Waals surface area contributed by atoms with Gasteiger partial charge in [-0.2, -0.15) is 0 Å². The highest BCUT2D eigenvalue weighted by atomic mass is 16.6. The molecule has 0 unspecified atom stereocenters. The van der Waals surface area contributed by atoms with Crippen molar-refractivity contribution in [3.63, 3.8) is 0 Å². The molecule has 0 heterocycles. The monoisotopic (exact) mass is 376 g/mol. The van der Waals surface area contributed by atoms with Gasteiger partial charge in [0.05, 0.1) is 11.0 Å². The Morgan fingerprint density at radius 1 is 1.00 bits per heavy atom. The first-order chi connectivity index (χ1) is 13.4. The number of aromatic hydroxyl groups is 1. The maximum absolute atomic E-state index is 11.6. The molecule has 2 N–H and O–H groups in total. The largest absolute Gasteiger partial charge is 0.507 e. The summed E-state index contributed by atoms with van der Waals surface area (Å²) in [5.74, 6) is -0.121. The number of phenols is 1. The van der Waals surface area contributed by atoms with Crippen LogP contribution in [0.4, 0.5) is 5.69 Å². The van der Waals surface area contributed by atoms with Crippen LogP contribution < -0.4 is 0 Å². The Morgan fingerprint density at radius 2 is 1.54 bits per heavy atom. The summed E-state index contributed by atoms with van der Waals surface area (Å²) in [5, 5.41) is 32.6. The number of benzene rings is 3. The fraction of sp³-hybridized carbons (Fsp3) is 0.136. The molecule has 0 saturated carbocycles. The van der Waals surface area contributed by atoms with Gasteiger partial charge in [-0.05, 0) is 24.1 Å². The van der Waals surface area contributed by atoms with Crippen LogP contribution in [0, 0.1) is 10.1 Å². The normalized spacial score (nSPS) is 12.8. The minimum atomic E-state index is -1.41. The van der Waals surface area contributed by atoms with Crippen molar-refractivity contribution in [1.29, 1.82) is 0 Å². The van der Waals surface area contributed by atoms with Gasteiger partial charge in [0.2, 0.25) is 0 Å². The Morgan fingerprint density at radius 3 is 2.04 bits per heavy atom. The molecule has 3 aromatic carbocycles. The lowest BCUT2D eigenvalue weighted by Gasteiger charge is -2.33. The first-order valence-electron chi connectivity index (χ1n) is 8.77. The molecule has 0 aliphatic rings. The fourth-order valence-corrected chi connectivity index (χ4v) is 3.09. The molecule has 1 atom stereocenters. The van der Waals surface area contributed by atoms with Gasteiger partial charge < -0.3 is 10.2 Å². The average molecular weight is 376 g/mol. The van der Waals surface area contributed by atoms with Crippen molar-refractivity contribution in [2.75, 3.05) is 0 Å². The molecule has 0 aliphatic heterocycles. The molecule has 28 heavy (non-hydrogen) atoms. The average Bonchev–Trinajstić information content (AvgIpc) is 2.73. The van der Waals surface area contributed by atoms with Crippen LogP contribution in [0.3, 0.4) is 0 Å². The molecule has 3 aromatic rings. The van der Waals surface area contributed by atoms with E-state index in [1.54, 1.807) is 6.92 Å². The number of aliphatic imine (C=N–C) groups is 1. The molecule has 0 radical (unpaired) electrons. The zero-order chi connectivity index (χ0) is 20.1. The van der Waals surface area contributed by atoms with E-state index in [1.807, 2.05) is 60.7 Å². The molecule has 142 valence electrons. The third-order valence-electron chi connectivity index (χ3n) is 4.69. The van der Waals surface area contributed by atoms with Gasteiger partial charge in [0.15, 0.2) is 0 Å². The van der Waals surface area contributed by atoms with Gasteiger partial charge in [0.25, 0.3) is 5.69 Å². The second-order valence-corrected chi connectivity index (χ2v) is 6.45. The van der Waals surface area contributed by atoms with E-state index in [1.165, 1.54) is 24.4 Å². The first kappa shape index (κ1) is 19.3. The van der Waals surface area contributed by atoms with Gasteiger partial charge in [0, 0.05) is 23.9 Å². The van der Waals surface area contributed by atoms with Crippen LogP contribution in [0.1, 0.15) is 23.6 Å². The van der Waals surface area contributed by atoms with Crippen LogP contribution in [-0.4, -0.2) is 27.4 Å². The standard InChI is InChI=1S/C22H20N2O4/c1-16(23-15-17-14-20(24(27)28)12-13-21(17)25)22(26,18-8-4-2-5-9-18)19-10-6-3-7-11-19/h2-16,25-26H,1H3/t16-/m0/s1. The third-order valence-corrected chi connectivity index (χ3v) is 4.69. The number of nitro benzene ring substituents is 1. The fourth-order valence-electron chi connectivity index (χ4n) is 3.09. The highest BCUT2D eigenvalue weighted by Crippen LogP contribution is 2.34. The predicted molar refractivity (Wildman–Crippen MR) is 108 cm³/mol. The Balaban J connectivity index is 2.02. The number of rotatable bonds is 6. The highest BCUT2D eigenvalue weighted by molar-refractivity contribution is 5.84. The molecule has 3 rings (SSSR count). The summed E-state index contributed by atoms with van der Waals surface area (Å²) in [5.41, 5.74) is 0.0102. The molecule has 0 bridgehead atoms. The van der Waals surface area contributed by atoms with E-state index < -0.39 is 16.6 Å². The van der Waals surface area contributed by atoms with E-state index in [9.17, 15) is 20.3 Å². The SMILES string of the molecule is C[C@H](N=Cc1cc([N+](=O)[O-])ccc1O)C(O)(c1ccccc1)c1ccccc1. The smallest absolute Gasteiger partial charge is 0.270 e. The Hall–Kier alpha value is -3.51. The molecule has 0 amide bonds. The summed E-state index contributed by atoms with van der Waals surface area (Å²) in [6.07, 6.45) is 1.35. The second kappa shape index (κ2) is 8.02. The number of non-ortho nitro benzene ring substituents is 1. The van der Waals surface area contributed by atoms with Crippen molar-refractivity contribution in [2.24, 2.45) is 4.99 Å². The Bertz CT molecular complexity index is 948. The van der Waals surface area contributed by atoms with Crippen LogP contribution in [0.2, 0.25) is 0 Å². The Labute approximate surface area is 162 Å². The molecule has 0 aliphatic carbocycles. The van der Waals surface area contributed by atoms with Gasteiger partial charge in [-0.15, -0.1) is 0 Å². The highest BCUT2D eigenvalue weighted by Gasteiger charge is 2.37. The van der Waals surface area contributed by atoms with Crippen LogP contribution in [0.5, 0.6) is 5.75 Å². The molecular formula is C22H20N2O4. The topological polar surface area (TPSA) is 96.0 Å². The molecule has 0 aromatic heterocycles. The van der Waals surface area contributed by atoms with E-state index in [4.69, 9.17) is 0 Å².